The number of sulfonamides is 1. The van der Waals surface area contributed by atoms with E-state index in [1.165, 1.54) is 6.20 Å². The number of halogens is 2. The number of nitrogens with one attached hydrogen (secondary N) is 2. The standard InChI is InChI=1S/C12H13Br2N3O2S/c1-3-10-15-6-11(16-10)20(18,19)17-12-8(13)4-7(2)5-9(12)14/h4-6,17H,3H2,1-2H3,(H,15,16). The van der Waals surface area contributed by atoms with Gasteiger partial charge in [0.15, 0.2) is 5.03 Å². The summed E-state index contributed by atoms with van der Waals surface area (Å²) in [6.45, 7) is 3.83. The second-order valence-electron chi connectivity index (χ2n) is 4.26. The molecule has 0 saturated carbocycles. The molecule has 0 radical (unpaired) electrons. The fourth-order valence-electron chi connectivity index (χ4n) is 1.65. The maximum Gasteiger partial charge on any atom is 0.279 e. The first-order valence-corrected chi connectivity index (χ1v) is 8.92. The molecule has 0 aliphatic heterocycles. The van der Waals surface area contributed by atoms with Gasteiger partial charge in [-0.05, 0) is 56.5 Å². The molecule has 0 spiro atoms. The largest absolute Gasteiger partial charge is 0.332 e. The molecule has 2 rings (SSSR count). The Labute approximate surface area is 134 Å². The van der Waals surface area contributed by atoms with Crippen molar-refractivity contribution >= 4 is 47.6 Å². The van der Waals surface area contributed by atoms with Gasteiger partial charge in [-0.2, -0.15) is 8.42 Å². The number of imidazole rings is 1. The highest BCUT2D eigenvalue weighted by Crippen LogP contribution is 2.33. The molecule has 2 N–H and O–H groups in total. The molecule has 1 aromatic carbocycles. The number of hydrogen-bond donors (Lipinski definition) is 2. The van der Waals surface area contributed by atoms with Crippen LogP contribution < -0.4 is 4.72 Å². The van der Waals surface area contributed by atoms with Gasteiger partial charge in [-0.1, -0.05) is 6.92 Å². The zero-order valence-corrected chi connectivity index (χ0v) is 14.9. The van der Waals surface area contributed by atoms with E-state index in [2.05, 4.69) is 46.5 Å². The first-order chi connectivity index (χ1) is 9.33. The Bertz CT molecular complexity index is 718. The Morgan fingerprint density at radius 3 is 2.40 bits per heavy atom. The van der Waals surface area contributed by atoms with E-state index in [1.54, 1.807) is 0 Å². The van der Waals surface area contributed by atoms with E-state index in [0.29, 0.717) is 26.9 Å². The number of H-pyrrole nitrogens is 1. The molecule has 1 heterocycles. The van der Waals surface area contributed by atoms with Crippen LogP contribution in [-0.4, -0.2) is 18.4 Å². The molecule has 5 nitrogen and oxygen atoms in total. The number of rotatable bonds is 4. The molecule has 8 heteroatoms. The van der Waals surface area contributed by atoms with Crippen molar-refractivity contribution in [1.82, 2.24) is 9.97 Å². The first kappa shape index (κ1) is 15.5. The van der Waals surface area contributed by atoms with E-state index < -0.39 is 10.0 Å². The lowest BCUT2D eigenvalue weighted by Gasteiger charge is -2.11. The number of aromatic amines is 1. The zero-order chi connectivity index (χ0) is 14.9. The summed E-state index contributed by atoms with van der Waals surface area (Å²) in [7, 11) is -3.69. The maximum absolute atomic E-state index is 12.3. The number of nitrogens with zero attached hydrogens (tertiary/aromatic N) is 1. The number of aromatic nitrogens is 2. The van der Waals surface area contributed by atoms with Crippen LogP contribution in [0.25, 0.3) is 0 Å². The normalized spacial score (nSPS) is 11.6. The van der Waals surface area contributed by atoms with Gasteiger partial charge in [0.25, 0.3) is 10.0 Å². The topological polar surface area (TPSA) is 74.8 Å². The van der Waals surface area contributed by atoms with Gasteiger partial charge in [0, 0.05) is 15.4 Å². The summed E-state index contributed by atoms with van der Waals surface area (Å²) in [5, 5.41) is 0.0497. The fourth-order valence-corrected chi connectivity index (χ4v) is 4.56. The lowest BCUT2D eigenvalue weighted by Crippen LogP contribution is -2.14. The highest BCUT2D eigenvalue weighted by molar-refractivity contribution is 9.11. The molecule has 108 valence electrons. The predicted molar refractivity (Wildman–Crippen MR) is 85.4 cm³/mol. The van der Waals surface area contributed by atoms with Crippen molar-refractivity contribution < 1.29 is 8.42 Å². The van der Waals surface area contributed by atoms with Gasteiger partial charge in [-0.3, -0.25) is 4.72 Å². The average Bonchev–Trinajstić information content (AvgIpc) is 2.83. The van der Waals surface area contributed by atoms with Crippen LogP contribution >= 0.6 is 31.9 Å². The van der Waals surface area contributed by atoms with Crippen molar-refractivity contribution in [1.29, 1.82) is 0 Å². The van der Waals surface area contributed by atoms with Crippen LogP contribution in [-0.2, 0) is 16.4 Å². The van der Waals surface area contributed by atoms with Crippen molar-refractivity contribution in [3.63, 3.8) is 0 Å². The van der Waals surface area contributed by atoms with Gasteiger partial charge in [0.2, 0.25) is 0 Å². The van der Waals surface area contributed by atoms with Crippen LogP contribution in [0.5, 0.6) is 0 Å². The van der Waals surface area contributed by atoms with Crippen LogP contribution in [0, 0.1) is 6.92 Å². The van der Waals surface area contributed by atoms with Crippen LogP contribution in [0.3, 0.4) is 0 Å². The second-order valence-corrected chi connectivity index (χ2v) is 7.62. The molecule has 0 saturated heterocycles. The Balaban J connectivity index is 2.38. The minimum Gasteiger partial charge on any atom is -0.332 e. The van der Waals surface area contributed by atoms with Crippen molar-refractivity contribution in [3.05, 3.63) is 38.7 Å². The van der Waals surface area contributed by atoms with Gasteiger partial charge in [0.1, 0.15) is 5.82 Å². The molecule has 20 heavy (non-hydrogen) atoms. The smallest absolute Gasteiger partial charge is 0.279 e. The van der Waals surface area contributed by atoms with E-state index in [4.69, 9.17) is 0 Å². The summed E-state index contributed by atoms with van der Waals surface area (Å²) in [5.41, 5.74) is 1.48. The quantitative estimate of drug-likeness (QED) is 0.790. The van der Waals surface area contributed by atoms with Crippen molar-refractivity contribution in [3.8, 4) is 0 Å². The Morgan fingerprint density at radius 2 is 1.90 bits per heavy atom. The van der Waals surface area contributed by atoms with Crippen LogP contribution in [0.2, 0.25) is 0 Å². The minimum absolute atomic E-state index is 0.0497. The van der Waals surface area contributed by atoms with E-state index in [-0.39, 0.29) is 5.03 Å². The molecule has 0 aliphatic rings. The van der Waals surface area contributed by atoms with Gasteiger partial charge in [0.05, 0.1) is 11.9 Å². The first-order valence-electron chi connectivity index (χ1n) is 5.86. The Kier molecular flexibility index (Phi) is 4.55. The SMILES string of the molecule is CCc1ncc(S(=O)(=O)Nc2c(Br)cc(C)cc2Br)[nH]1. The highest BCUT2D eigenvalue weighted by atomic mass is 79.9. The Hall–Kier alpha value is -0.860. The predicted octanol–water partition coefficient (Wildman–Crippen LogP) is 3.61. The highest BCUT2D eigenvalue weighted by Gasteiger charge is 2.20. The molecule has 0 unspecified atom stereocenters. The molecule has 0 fully saturated rings. The summed E-state index contributed by atoms with van der Waals surface area (Å²) < 4.78 is 28.5. The molecule has 2 aromatic rings. The summed E-state index contributed by atoms with van der Waals surface area (Å²) in [4.78, 5) is 6.78. The number of hydrogen-bond acceptors (Lipinski definition) is 3. The summed E-state index contributed by atoms with van der Waals surface area (Å²) in [5.74, 6) is 0.632. The van der Waals surface area contributed by atoms with Crippen molar-refractivity contribution in [2.75, 3.05) is 4.72 Å². The fraction of sp³-hybridized carbons (Fsp3) is 0.250. The van der Waals surface area contributed by atoms with E-state index in [1.807, 2.05) is 26.0 Å². The molecule has 0 aliphatic carbocycles. The minimum atomic E-state index is -3.69. The van der Waals surface area contributed by atoms with Crippen molar-refractivity contribution in [2.24, 2.45) is 0 Å². The van der Waals surface area contributed by atoms with E-state index >= 15 is 0 Å². The molecular formula is C12H13Br2N3O2S. The third kappa shape index (κ3) is 3.24. The third-order valence-corrected chi connectivity index (χ3v) is 5.16. The molecule has 0 bridgehead atoms. The number of aryl methyl sites for hydroxylation is 2. The van der Waals surface area contributed by atoms with Gasteiger partial charge in [-0.15, -0.1) is 0 Å². The molecule has 0 atom stereocenters. The molecular weight excluding hydrogens is 410 g/mol. The van der Waals surface area contributed by atoms with Gasteiger partial charge < -0.3 is 4.98 Å². The lowest BCUT2D eigenvalue weighted by molar-refractivity contribution is 0.598. The van der Waals surface area contributed by atoms with E-state index in [9.17, 15) is 8.42 Å². The van der Waals surface area contributed by atoms with E-state index in [0.717, 1.165) is 5.56 Å². The number of benzene rings is 1. The molecule has 0 amide bonds. The average molecular weight is 423 g/mol. The monoisotopic (exact) mass is 421 g/mol. The third-order valence-electron chi connectivity index (χ3n) is 2.65. The molecule has 1 aromatic heterocycles. The summed E-state index contributed by atoms with van der Waals surface area (Å²) in [6.07, 6.45) is 1.96. The van der Waals surface area contributed by atoms with Gasteiger partial charge in [-0.25, -0.2) is 4.98 Å². The lowest BCUT2D eigenvalue weighted by atomic mass is 10.2. The second kappa shape index (κ2) is 5.87. The zero-order valence-electron chi connectivity index (χ0n) is 10.9. The maximum atomic E-state index is 12.3. The summed E-state index contributed by atoms with van der Waals surface area (Å²) >= 11 is 6.72. The summed E-state index contributed by atoms with van der Waals surface area (Å²) in [6, 6.07) is 3.68. The number of anilines is 1. The van der Waals surface area contributed by atoms with Crippen LogP contribution in [0.15, 0.2) is 32.3 Å². The Morgan fingerprint density at radius 1 is 1.30 bits per heavy atom. The van der Waals surface area contributed by atoms with Crippen LogP contribution in [0.4, 0.5) is 5.69 Å². The van der Waals surface area contributed by atoms with Gasteiger partial charge >= 0.3 is 0 Å². The van der Waals surface area contributed by atoms with Crippen LogP contribution in [0.1, 0.15) is 18.3 Å². The van der Waals surface area contributed by atoms with Crippen molar-refractivity contribution in [2.45, 2.75) is 25.3 Å².